The fourth-order valence-corrected chi connectivity index (χ4v) is 2.00. The molecule has 0 radical (unpaired) electrons. The molecule has 1 aliphatic heterocycles. The Labute approximate surface area is 102 Å². The van der Waals surface area contributed by atoms with Crippen LogP contribution in [0.4, 0.5) is 5.82 Å². The number of aromatic nitrogens is 4. The highest BCUT2D eigenvalue weighted by atomic mass is 16.2. The third-order valence-electron chi connectivity index (χ3n) is 2.90. The van der Waals surface area contributed by atoms with E-state index in [-0.39, 0.29) is 11.9 Å². The van der Waals surface area contributed by atoms with Gasteiger partial charge in [0.05, 0.1) is 6.04 Å². The lowest BCUT2D eigenvalue weighted by Crippen LogP contribution is -2.53. The first-order valence-electron chi connectivity index (χ1n) is 5.70. The predicted molar refractivity (Wildman–Crippen MR) is 64.6 cm³/mol. The lowest BCUT2D eigenvalue weighted by molar-refractivity contribution is -0.124. The first kappa shape index (κ1) is 10.9. The minimum absolute atomic E-state index is 0.0132. The number of anilines is 1. The summed E-state index contributed by atoms with van der Waals surface area (Å²) in [6, 6.07) is -0.270. The summed E-state index contributed by atoms with van der Waals surface area (Å²) in [5.74, 6) is 1.02. The summed E-state index contributed by atoms with van der Waals surface area (Å²) in [6.07, 6.45) is 1.84. The van der Waals surface area contributed by atoms with Crippen molar-refractivity contribution in [1.82, 2.24) is 30.6 Å². The summed E-state index contributed by atoms with van der Waals surface area (Å²) in [7, 11) is 0. The maximum absolute atomic E-state index is 11.6. The van der Waals surface area contributed by atoms with Crippen LogP contribution in [0.5, 0.6) is 0 Å². The lowest BCUT2D eigenvalue weighted by Gasteiger charge is -2.22. The van der Waals surface area contributed by atoms with Crippen molar-refractivity contribution in [3.05, 3.63) is 12.2 Å². The number of H-pyrrole nitrogens is 1. The summed E-state index contributed by atoms with van der Waals surface area (Å²) in [5.41, 5.74) is 6.85. The zero-order valence-corrected chi connectivity index (χ0v) is 9.60. The van der Waals surface area contributed by atoms with Crippen molar-refractivity contribution in [3.8, 4) is 0 Å². The van der Waals surface area contributed by atoms with Gasteiger partial charge in [0.2, 0.25) is 5.91 Å². The topological polar surface area (TPSA) is 122 Å². The molecule has 1 amide bonds. The van der Waals surface area contributed by atoms with Gasteiger partial charge in [-0.15, -0.1) is 0 Å². The van der Waals surface area contributed by atoms with Gasteiger partial charge in [-0.05, 0) is 0 Å². The molecule has 8 heteroatoms. The summed E-state index contributed by atoms with van der Waals surface area (Å²) in [6.45, 7) is 1.42. The molecular formula is C10H13N7O. The number of rotatable bonds is 2. The van der Waals surface area contributed by atoms with Crippen molar-refractivity contribution in [2.24, 2.45) is 0 Å². The fourth-order valence-electron chi connectivity index (χ4n) is 2.00. The van der Waals surface area contributed by atoms with E-state index in [4.69, 9.17) is 5.73 Å². The Hall–Kier alpha value is -2.22. The molecule has 0 bridgehead atoms. The molecule has 2 aromatic rings. The number of nitrogens with one attached hydrogen (secondary N) is 3. The molecule has 3 heterocycles. The number of amides is 1. The van der Waals surface area contributed by atoms with Crippen molar-refractivity contribution in [3.63, 3.8) is 0 Å². The van der Waals surface area contributed by atoms with Gasteiger partial charge in [-0.25, -0.2) is 15.0 Å². The quantitative estimate of drug-likeness (QED) is 0.516. The number of aromatic amines is 1. The first-order valence-corrected chi connectivity index (χ1v) is 5.70. The lowest BCUT2D eigenvalue weighted by atomic mass is 10.1. The van der Waals surface area contributed by atoms with E-state index in [1.165, 1.54) is 6.33 Å². The summed E-state index contributed by atoms with van der Waals surface area (Å²) >= 11 is 0. The Morgan fingerprint density at radius 1 is 1.39 bits per heavy atom. The molecule has 1 saturated heterocycles. The van der Waals surface area contributed by atoms with E-state index in [1.54, 1.807) is 0 Å². The third kappa shape index (κ3) is 1.86. The van der Waals surface area contributed by atoms with Crippen LogP contribution in [0.1, 0.15) is 5.82 Å². The largest absolute Gasteiger partial charge is 0.382 e. The molecule has 1 atom stereocenters. The third-order valence-corrected chi connectivity index (χ3v) is 2.90. The van der Waals surface area contributed by atoms with Crippen LogP contribution in [0.15, 0.2) is 6.33 Å². The molecule has 0 spiro atoms. The monoisotopic (exact) mass is 247 g/mol. The van der Waals surface area contributed by atoms with Crippen LogP contribution in [-0.4, -0.2) is 45.0 Å². The van der Waals surface area contributed by atoms with Crippen LogP contribution < -0.4 is 16.4 Å². The number of hydrogen-bond acceptors (Lipinski definition) is 6. The number of nitrogens with two attached hydrogens (primary N) is 1. The van der Waals surface area contributed by atoms with E-state index < -0.39 is 0 Å². The van der Waals surface area contributed by atoms with E-state index in [0.717, 1.165) is 6.54 Å². The van der Waals surface area contributed by atoms with E-state index in [0.29, 0.717) is 35.8 Å². The van der Waals surface area contributed by atoms with E-state index >= 15 is 0 Å². The normalized spacial score (nSPS) is 20.0. The van der Waals surface area contributed by atoms with Gasteiger partial charge in [0.15, 0.2) is 11.5 Å². The van der Waals surface area contributed by atoms with E-state index in [9.17, 15) is 4.79 Å². The minimum Gasteiger partial charge on any atom is -0.382 e. The molecule has 94 valence electrons. The van der Waals surface area contributed by atoms with Crippen LogP contribution in [0.25, 0.3) is 11.2 Å². The molecular weight excluding hydrogens is 234 g/mol. The molecule has 1 fully saturated rings. The molecule has 5 N–H and O–H groups in total. The Balaban J connectivity index is 1.86. The second-order valence-corrected chi connectivity index (χ2v) is 4.14. The first-order chi connectivity index (χ1) is 8.74. The number of imidazole rings is 1. The Kier molecular flexibility index (Phi) is 2.56. The van der Waals surface area contributed by atoms with Gasteiger partial charge in [-0.2, -0.15) is 0 Å². The molecule has 0 aromatic carbocycles. The average molecular weight is 247 g/mol. The standard InChI is InChI=1S/C10H13N7O/c11-8-7-9(15-4-14-8)17-6(16-7)3-5-10(18)13-2-1-12-5/h4-5,12H,1-3H2,(H,13,18)(H3,11,14,15,16,17). The molecule has 8 nitrogen and oxygen atoms in total. The summed E-state index contributed by atoms with van der Waals surface area (Å²) in [4.78, 5) is 26.9. The highest BCUT2D eigenvalue weighted by Crippen LogP contribution is 2.14. The second kappa shape index (κ2) is 4.22. The molecule has 2 aromatic heterocycles. The Bertz CT molecular complexity index is 593. The van der Waals surface area contributed by atoms with Crippen molar-refractivity contribution in [2.45, 2.75) is 12.5 Å². The highest BCUT2D eigenvalue weighted by molar-refractivity contribution is 5.83. The molecule has 1 unspecified atom stereocenters. The number of carbonyl (C=O) groups is 1. The van der Waals surface area contributed by atoms with Gasteiger partial charge in [-0.1, -0.05) is 0 Å². The van der Waals surface area contributed by atoms with Crippen LogP contribution in [0.3, 0.4) is 0 Å². The number of carbonyl (C=O) groups excluding carboxylic acids is 1. The van der Waals surface area contributed by atoms with Crippen molar-refractivity contribution < 1.29 is 4.79 Å². The van der Waals surface area contributed by atoms with Gasteiger partial charge < -0.3 is 21.4 Å². The zero-order valence-electron chi connectivity index (χ0n) is 9.60. The fraction of sp³-hybridized carbons (Fsp3) is 0.400. The molecule has 0 aliphatic carbocycles. The molecule has 0 saturated carbocycles. The maximum Gasteiger partial charge on any atom is 0.237 e. The average Bonchev–Trinajstić information content (AvgIpc) is 2.76. The van der Waals surface area contributed by atoms with Crippen LogP contribution in [-0.2, 0) is 11.2 Å². The number of hydrogen-bond donors (Lipinski definition) is 4. The Morgan fingerprint density at radius 3 is 3.06 bits per heavy atom. The number of piperazine rings is 1. The van der Waals surface area contributed by atoms with Crippen LogP contribution in [0, 0.1) is 0 Å². The SMILES string of the molecule is Nc1ncnc2nc(CC3NCCNC3=O)[nH]c12. The number of fused-ring (bicyclic) bond motifs is 1. The Morgan fingerprint density at radius 2 is 2.28 bits per heavy atom. The van der Waals surface area contributed by atoms with Gasteiger partial charge in [-0.3, -0.25) is 4.79 Å². The molecule has 3 rings (SSSR count). The summed E-state index contributed by atoms with van der Waals surface area (Å²) in [5, 5.41) is 5.94. The van der Waals surface area contributed by atoms with Gasteiger partial charge in [0.25, 0.3) is 0 Å². The second-order valence-electron chi connectivity index (χ2n) is 4.14. The van der Waals surface area contributed by atoms with E-state index in [2.05, 4.69) is 30.6 Å². The van der Waals surface area contributed by atoms with Crippen molar-refractivity contribution in [1.29, 1.82) is 0 Å². The van der Waals surface area contributed by atoms with Gasteiger partial charge in [0.1, 0.15) is 17.7 Å². The molecule has 18 heavy (non-hydrogen) atoms. The van der Waals surface area contributed by atoms with Crippen molar-refractivity contribution >= 4 is 22.9 Å². The molecule has 1 aliphatic rings. The highest BCUT2D eigenvalue weighted by Gasteiger charge is 2.23. The summed E-state index contributed by atoms with van der Waals surface area (Å²) < 4.78 is 0. The van der Waals surface area contributed by atoms with Crippen LogP contribution >= 0.6 is 0 Å². The van der Waals surface area contributed by atoms with Gasteiger partial charge in [0, 0.05) is 19.5 Å². The number of nitrogens with zero attached hydrogens (tertiary/aromatic N) is 3. The smallest absolute Gasteiger partial charge is 0.237 e. The minimum atomic E-state index is -0.270. The van der Waals surface area contributed by atoms with Crippen LogP contribution in [0.2, 0.25) is 0 Å². The maximum atomic E-state index is 11.6. The van der Waals surface area contributed by atoms with Crippen molar-refractivity contribution in [2.75, 3.05) is 18.8 Å². The van der Waals surface area contributed by atoms with E-state index in [1.807, 2.05) is 0 Å². The zero-order chi connectivity index (χ0) is 12.5. The number of nitrogen functional groups attached to an aromatic ring is 1. The predicted octanol–water partition coefficient (Wildman–Crippen LogP) is -1.43. The van der Waals surface area contributed by atoms with Gasteiger partial charge >= 0.3 is 0 Å².